The number of rotatable bonds is 2. The fraction of sp³-hybridized carbons (Fsp3) is 0.533. The number of fused-ring (bicyclic) bond motifs is 1. The van der Waals surface area contributed by atoms with Crippen molar-refractivity contribution >= 4 is 5.78 Å². The van der Waals surface area contributed by atoms with Crippen LogP contribution in [0.1, 0.15) is 42.1 Å². The van der Waals surface area contributed by atoms with Crippen LogP contribution in [-0.4, -0.2) is 24.6 Å². The molecule has 0 aliphatic carbocycles. The van der Waals surface area contributed by atoms with Crippen LogP contribution in [0.5, 0.6) is 5.75 Å². The maximum absolute atomic E-state index is 12.6. The fourth-order valence-corrected chi connectivity index (χ4v) is 2.81. The lowest BCUT2D eigenvalue weighted by Gasteiger charge is -2.25. The highest BCUT2D eigenvalue weighted by atomic mass is 16.5. The third-order valence-electron chi connectivity index (χ3n) is 3.88. The molecule has 0 bridgehead atoms. The van der Waals surface area contributed by atoms with Crippen LogP contribution in [0.2, 0.25) is 0 Å². The van der Waals surface area contributed by atoms with Gasteiger partial charge in [-0.15, -0.1) is 0 Å². The van der Waals surface area contributed by atoms with E-state index >= 15 is 0 Å². The van der Waals surface area contributed by atoms with Crippen LogP contribution in [0.3, 0.4) is 0 Å². The van der Waals surface area contributed by atoms with Gasteiger partial charge in [0.1, 0.15) is 11.4 Å². The van der Waals surface area contributed by atoms with Crippen molar-refractivity contribution in [3.05, 3.63) is 29.3 Å². The summed E-state index contributed by atoms with van der Waals surface area (Å²) in [6.07, 6.45) is 3.78. The SMILES string of the molecule is CC1(C(=O)c2cccc3c2OCCC3)CCCO1. The minimum absolute atomic E-state index is 0.0683. The minimum atomic E-state index is -0.657. The number of aryl methyl sites for hydroxylation is 1. The quantitative estimate of drug-likeness (QED) is 0.753. The van der Waals surface area contributed by atoms with Gasteiger partial charge in [0.2, 0.25) is 0 Å². The van der Waals surface area contributed by atoms with Crippen LogP contribution in [0, 0.1) is 0 Å². The van der Waals surface area contributed by atoms with Crippen LogP contribution >= 0.6 is 0 Å². The summed E-state index contributed by atoms with van der Waals surface area (Å²) >= 11 is 0. The van der Waals surface area contributed by atoms with E-state index < -0.39 is 5.60 Å². The Balaban J connectivity index is 1.99. The molecule has 2 heterocycles. The van der Waals surface area contributed by atoms with E-state index in [9.17, 15) is 4.79 Å². The van der Waals surface area contributed by atoms with E-state index in [1.807, 2.05) is 25.1 Å². The van der Waals surface area contributed by atoms with Crippen molar-refractivity contribution < 1.29 is 14.3 Å². The monoisotopic (exact) mass is 246 g/mol. The summed E-state index contributed by atoms with van der Waals surface area (Å²) in [6, 6.07) is 5.85. The Morgan fingerprint density at radius 2 is 2.17 bits per heavy atom. The van der Waals surface area contributed by atoms with Gasteiger partial charge in [0.25, 0.3) is 0 Å². The van der Waals surface area contributed by atoms with E-state index in [2.05, 4.69) is 0 Å². The lowest BCUT2D eigenvalue weighted by molar-refractivity contribution is 0.0210. The van der Waals surface area contributed by atoms with Crippen molar-refractivity contribution in [2.45, 2.75) is 38.2 Å². The molecule has 1 unspecified atom stereocenters. The number of para-hydroxylation sites is 1. The molecule has 0 aromatic heterocycles. The Morgan fingerprint density at radius 1 is 1.28 bits per heavy atom. The molecule has 1 aromatic rings. The van der Waals surface area contributed by atoms with E-state index in [-0.39, 0.29) is 5.78 Å². The number of Topliss-reactive ketones (excluding diaryl/α,β-unsaturated/α-hetero) is 1. The largest absolute Gasteiger partial charge is 0.493 e. The maximum atomic E-state index is 12.6. The predicted octanol–water partition coefficient (Wildman–Crippen LogP) is 2.76. The first kappa shape index (κ1) is 11.7. The zero-order valence-electron chi connectivity index (χ0n) is 10.7. The van der Waals surface area contributed by atoms with Gasteiger partial charge in [0.15, 0.2) is 5.78 Å². The van der Waals surface area contributed by atoms with Gasteiger partial charge in [-0.1, -0.05) is 12.1 Å². The fourth-order valence-electron chi connectivity index (χ4n) is 2.81. The average Bonchev–Trinajstić information content (AvgIpc) is 2.85. The summed E-state index contributed by atoms with van der Waals surface area (Å²) in [5, 5.41) is 0. The van der Waals surface area contributed by atoms with E-state index in [0.29, 0.717) is 18.8 Å². The lowest BCUT2D eigenvalue weighted by Crippen LogP contribution is -2.35. The Labute approximate surface area is 107 Å². The van der Waals surface area contributed by atoms with E-state index in [1.54, 1.807) is 0 Å². The van der Waals surface area contributed by atoms with Crippen molar-refractivity contribution in [1.82, 2.24) is 0 Å². The second-order valence-electron chi connectivity index (χ2n) is 5.26. The van der Waals surface area contributed by atoms with Crippen molar-refractivity contribution in [2.75, 3.05) is 13.2 Å². The molecule has 2 aliphatic heterocycles. The van der Waals surface area contributed by atoms with Crippen molar-refractivity contribution in [2.24, 2.45) is 0 Å². The molecule has 3 rings (SSSR count). The molecule has 1 aromatic carbocycles. The normalized spacial score (nSPS) is 26.5. The van der Waals surface area contributed by atoms with Gasteiger partial charge in [-0.05, 0) is 44.2 Å². The third kappa shape index (κ3) is 1.83. The van der Waals surface area contributed by atoms with Gasteiger partial charge in [-0.2, -0.15) is 0 Å². The highest BCUT2D eigenvalue weighted by Gasteiger charge is 2.39. The summed E-state index contributed by atoms with van der Waals surface area (Å²) < 4.78 is 11.3. The number of benzene rings is 1. The molecule has 0 amide bonds. The topological polar surface area (TPSA) is 35.5 Å². The van der Waals surface area contributed by atoms with Gasteiger partial charge < -0.3 is 9.47 Å². The number of ether oxygens (including phenoxy) is 2. The summed E-state index contributed by atoms with van der Waals surface area (Å²) in [6.45, 7) is 3.28. The van der Waals surface area contributed by atoms with Crippen LogP contribution in [0.15, 0.2) is 18.2 Å². The predicted molar refractivity (Wildman–Crippen MR) is 68.2 cm³/mol. The highest BCUT2D eigenvalue weighted by molar-refractivity contribution is 6.04. The Kier molecular flexibility index (Phi) is 2.86. The highest BCUT2D eigenvalue weighted by Crippen LogP contribution is 2.35. The Morgan fingerprint density at radius 3 is 2.94 bits per heavy atom. The molecular weight excluding hydrogens is 228 g/mol. The molecule has 2 aliphatic rings. The number of hydrogen-bond donors (Lipinski definition) is 0. The molecule has 3 nitrogen and oxygen atoms in total. The zero-order chi connectivity index (χ0) is 12.6. The second-order valence-corrected chi connectivity index (χ2v) is 5.26. The molecule has 1 atom stereocenters. The van der Waals surface area contributed by atoms with Gasteiger partial charge in [0, 0.05) is 6.61 Å². The van der Waals surface area contributed by atoms with Crippen LogP contribution in [-0.2, 0) is 11.2 Å². The van der Waals surface area contributed by atoms with E-state index in [4.69, 9.17) is 9.47 Å². The van der Waals surface area contributed by atoms with Crippen LogP contribution in [0.4, 0.5) is 0 Å². The number of carbonyl (C=O) groups excluding carboxylic acids is 1. The average molecular weight is 246 g/mol. The summed E-state index contributed by atoms with van der Waals surface area (Å²) in [5.74, 6) is 0.851. The Hall–Kier alpha value is -1.35. The summed E-state index contributed by atoms with van der Waals surface area (Å²) in [7, 11) is 0. The third-order valence-corrected chi connectivity index (χ3v) is 3.88. The summed E-state index contributed by atoms with van der Waals surface area (Å²) in [4.78, 5) is 12.6. The first-order valence-corrected chi connectivity index (χ1v) is 6.64. The lowest BCUT2D eigenvalue weighted by atomic mass is 9.89. The van der Waals surface area contributed by atoms with E-state index in [0.717, 1.165) is 37.0 Å². The maximum Gasteiger partial charge on any atom is 0.198 e. The molecule has 96 valence electrons. The van der Waals surface area contributed by atoms with Gasteiger partial charge in [0.05, 0.1) is 12.2 Å². The van der Waals surface area contributed by atoms with Crippen molar-refractivity contribution in [3.63, 3.8) is 0 Å². The number of carbonyl (C=O) groups is 1. The first-order valence-electron chi connectivity index (χ1n) is 6.64. The Bertz CT molecular complexity index is 473. The zero-order valence-corrected chi connectivity index (χ0v) is 10.7. The first-order chi connectivity index (χ1) is 8.71. The smallest absolute Gasteiger partial charge is 0.198 e. The van der Waals surface area contributed by atoms with Gasteiger partial charge in [-0.25, -0.2) is 0 Å². The summed E-state index contributed by atoms with van der Waals surface area (Å²) in [5.41, 5.74) is 1.18. The number of ketones is 1. The molecule has 0 N–H and O–H groups in total. The molecular formula is C15H18O3. The second kappa shape index (κ2) is 4.39. The molecule has 18 heavy (non-hydrogen) atoms. The molecule has 1 saturated heterocycles. The van der Waals surface area contributed by atoms with Crippen molar-refractivity contribution in [1.29, 1.82) is 0 Å². The molecule has 0 radical (unpaired) electrons. The number of hydrogen-bond acceptors (Lipinski definition) is 3. The molecule has 0 saturated carbocycles. The minimum Gasteiger partial charge on any atom is -0.493 e. The standard InChI is InChI=1S/C15H18O3/c1-15(8-4-10-18-15)14(16)12-7-2-5-11-6-3-9-17-13(11)12/h2,5,7H,3-4,6,8-10H2,1H3. The molecule has 1 fully saturated rings. The van der Waals surface area contributed by atoms with E-state index in [1.165, 1.54) is 0 Å². The molecule has 0 spiro atoms. The van der Waals surface area contributed by atoms with Gasteiger partial charge in [-0.3, -0.25) is 4.79 Å². The molecule has 3 heteroatoms. The van der Waals surface area contributed by atoms with Crippen molar-refractivity contribution in [3.8, 4) is 5.75 Å². The van der Waals surface area contributed by atoms with Crippen LogP contribution < -0.4 is 4.74 Å². The van der Waals surface area contributed by atoms with Gasteiger partial charge >= 0.3 is 0 Å². The van der Waals surface area contributed by atoms with Crippen LogP contribution in [0.25, 0.3) is 0 Å².